The summed E-state index contributed by atoms with van der Waals surface area (Å²) in [6.45, 7) is 3.32. The number of rotatable bonds is 2. The Balaban J connectivity index is 1.92. The van der Waals surface area contributed by atoms with E-state index in [2.05, 4.69) is 27.2 Å². The van der Waals surface area contributed by atoms with Gasteiger partial charge in [-0.05, 0) is 6.92 Å². The Kier molecular flexibility index (Phi) is 2.15. The molecular weight excluding hydrogens is 225 g/mol. The van der Waals surface area contributed by atoms with Crippen molar-refractivity contribution in [2.45, 2.75) is 12.3 Å². The van der Waals surface area contributed by atoms with Crippen LogP contribution in [-0.2, 0) is 10.2 Å². The second kappa shape index (κ2) is 3.56. The molecule has 0 radical (unpaired) electrons. The molecule has 0 aliphatic carbocycles. The zero-order valence-corrected chi connectivity index (χ0v) is 9.17. The molecule has 0 bridgehead atoms. The van der Waals surface area contributed by atoms with Crippen LogP contribution >= 0.6 is 0 Å². The van der Waals surface area contributed by atoms with Gasteiger partial charge < -0.3 is 4.74 Å². The summed E-state index contributed by atoms with van der Waals surface area (Å²) in [6, 6.07) is 0. The first-order valence-electron chi connectivity index (χ1n) is 5.16. The standard InChI is InChI=1S/C10H10FN5O/c1-10(5-17-6-10)8-4-16(15-14-8)9-12-2-7(11)3-13-9/h2-4H,5-6H2,1H3. The van der Waals surface area contributed by atoms with Crippen molar-refractivity contribution >= 4 is 0 Å². The molecule has 0 spiro atoms. The predicted octanol–water partition coefficient (Wildman–Crippen LogP) is 0.484. The first-order chi connectivity index (χ1) is 8.17. The summed E-state index contributed by atoms with van der Waals surface area (Å²) in [4.78, 5) is 7.66. The number of hydrogen-bond donors (Lipinski definition) is 0. The third-order valence-electron chi connectivity index (χ3n) is 2.76. The molecule has 6 nitrogen and oxygen atoms in total. The maximum atomic E-state index is 12.7. The van der Waals surface area contributed by atoms with E-state index in [1.165, 1.54) is 4.68 Å². The molecule has 0 aromatic carbocycles. The number of ether oxygens (including phenoxy) is 1. The lowest BCUT2D eigenvalue weighted by molar-refractivity contribution is -0.0521. The fourth-order valence-corrected chi connectivity index (χ4v) is 1.62. The van der Waals surface area contributed by atoms with E-state index in [-0.39, 0.29) is 5.41 Å². The van der Waals surface area contributed by atoms with Crippen LogP contribution in [-0.4, -0.2) is 38.2 Å². The summed E-state index contributed by atoms with van der Waals surface area (Å²) in [5.74, 6) is -0.178. The third kappa shape index (κ3) is 1.68. The van der Waals surface area contributed by atoms with Gasteiger partial charge in [-0.1, -0.05) is 5.21 Å². The lowest BCUT2D eigenvalue weighted by atomic mass is 9.85. The highest BCUT2D eigenvalue weighted by Crippen LogP contribution is 2.29. The lowest BCUT2D eigenvalue weighted by Crippen LogP contribution is -2.44. The molecule has 0 atom stereocenters. The first-order valence-corrected chi connectivity index (χ1v) is 5.16. The first kappa shape index (κ1) is 10.3. The molecule has 2 aromatic heterocycles. The van der Waals surface area contributed by atoms with Crippen LogP contribution in [0.4, 0.5) is 4.39 Å². The van der Waals surface area contributed by atoms with Crippen molar-refractivity contribution < 1.29 is 9.13 Å². The van der Waals surface area contributed by atoms with Crippen LogP contribution in [0.3, 0.4) is 0 Å². The highest BCUT2D eigenvalue weighted by Gasteiger charge is 2.38. The maximum Gasteiger partial charge on any atom is 0.252 e. The molecule has 0 saturated carbocycles. The number of halogens is 1. The molecule has 1 aliphatic rings. The Hall–Kier alpha value is -1.89. The zero-order chi connectivity index (χ0) is 11.9. The molecule has 1 fully saturated rings. The minimum Gasteiger partial charge on any atom is -0.379 e. The van der Waals surface area contributed by atoms with Crippen molar-refractivity contribution in [1.82, 2.24) is 25.0 Å². The molecule has 0 unspecified atom stereocenters. The van der Waals surface area contributed by atoms with Crippen molar-refractivity contribution in [2.75, 3.05) is 13.2 Å². The molecule has 3 rings (SSSR count). The average molecular weight is 235 g/mol. The van der Waals surface area contributed by atoms with Gasteiger partial charge >= 0.3 is 0 Å². The number of aromatic nitrogens is 5. The van der Waals surface area contributed by atoms with Crippen LogP contribution in [0.25, 0.3) is 5.95 Å². The Morgan fingerprint density at radius 3 is 2.65 bits per heavy atom. The van der Waals surface area contributed by atoms with Crippen LogP contribution in [0, 0.1) is 5.82 Å². The van der Waals surface area contributed by atoms with Crippen LogP contribution < -0.4 is 0 Å². The fourth-order valence-electron chi connectivity index (χ4n) is 1.62. The van der Waals surface area contributed by atoms with Gasteiger partial charge in [0.2, 0.25) is 0 Å². The lowest BCUT2D eigenvalue weighted by Gasteiger charge is -2.35. The van der Waals surface area contributed by atoms with E-state index in [0.717, 1.165) is 18.1 Å². The summed E-state index contributed by atoms with van der Waals surface area (Å²) in [7, 11) is 0. The molecule has 17 heavy (non-hydrogen) atoms. The van der Waals surface area contributed by atoms with Gasteiger partial charge in [-0.2, -0.15) is 4.68 Å². The summed E-state index contributed by atoms with van der Waals surface area (Å²) >= 11 is 0. The van der Waals surface area contributed by atoms with E-state index >= 15 is 0 Å². The quantitative estimate of drug-likeness (QED) is 0.757. The smallest absolute Gasteiger partial charge is 0.252 e. The third-order valence-corrected chi connectivity index (χ3v) is 2.76. The summed E-state index contributed by atoms with van der Waals surface area (Å²) < 4.78 is 19.3. The molecule has 2 aromatic rings. The Morgan fingerprint density at radius 1 is 1.35 bits per heavy atom. The van der Waals surface area contributed by atoms with E-state index in [1.807, 2.05) is 0 Å². The number of hydrogen-bond acceptors (Lipinski definition) is 5. The highest BCUT2D eigenvalue weighted by atomic mass is 19.1. The summed E-state index contributed by atoms with van der Waals surface area (Å²) in [6.07, 6.45) is 3.94. The second-order valence-electron chi connectivity index (χ2n) is 4.30. The predicted molar refractivity (Wildman–Crippen MR) is 55.1 cm³/mol. The van der Waals surface area contributed by atoms with Crippen LogP contribution in [0.1, 0.15) is 12.6 Å². The molecule has 0 N–H and O–H groups in total. The molecule has 7 heteroatoms. The van der Waals surface area contributed by atoms with Gasteiger partial charge in [-0.15, -0.1) is 5.10 Å². The maximum absolute atomic E-state index is 12.7. The fraction of sp³-hybridized carbons (Fsp3) is 0.400. The zero-order valence-electron chi connectivity index (χ0n) is 9.17. The molecule has 1 aliphatic heterocycles. The number of nitrogens with zero attached hydrogens (tertiary/aromatic N) is 5. The molecule has 88 valence electrons. The van der Waals surface area contributed by atoms with Crippen molar-refractivity contribution in [3.63, 3.8) is 0 Å². The minimum absolute atomic E-state index is 0.0850. The van der Waals surface area contributed by atoms with Gasteiger partial charge in [0.25, 0.3) is 5.95 Å². The van der Waals surface area contributed by atoms with Gasteiger partial charge in [0.1, 0.15) is 0 Å². The van der Waals surface area contributed by atoms with E-state index in [4.69, 9.17) is 4.74 Å². The summed E-state index contributed by atoms with van der Waals surface area (Å²) in [5.41, 5.74) is 0.745. The van der Waals surface area contributed by atoms with Crippen molar-refractivity contribution in [3.8, 4) is 5.95 Å². The van der Waals surface area contributed by atoms with Crippen LogP contribution in [0.2, 0.25) is 0 Å². The van der Waals surface area contributed by atoms with Gasteiger partial charge in [0.15, 0.2) is 5.82 Å². The Bertz CT molecular complexity index is 534. The van der Waals surface area contributed by atoms with Gasteiger partial charge in [0.05, 0.1) is 42.9 Å². The SMILES string of the molecule is CC1(c2cn(-c3ncc(F)cn3)nn2)COC1. The molecule has 0 amide bonds. The Morgan fingerprint density at radius 2 is 2.06 bits per heavy atom. The van der Waals surface area contributed by atoms with Crippen LogP contribution in [0.5, 0.6) is 0 Å². The topological polar surface area (TPSA) is 65.7 Å². The second-order valence-corrected chi connectivity index (χ2v) is 4.30. The van der Waals surface area contributed by atoms with Gasteiger partial charge in [0, 0.05) is 0 Å². The highest BCUT2D eigenvalue weighted by molar-refractivity contribution is 5.18. The van der Waals surface area contributed by atoms with E-state index in [1.54, 1.807) is 6.20 Å². The Labute approximate surface area is 96.5 Å². The summed E-state index contributed by atoms with van der Waals surface area (Å²) in [5, 5.41) is 8.00. The molecule has 1 saturated heterocycles. The molecular formula is C10H10FN5O. The minimum atomic E-state index is -0.478. The van der Waals surface area contributed by atoms with Crippen molar-refractivity contribution in [2.24, 2.45) is 0 Å². The van der Waals surface area contributed by atoms with E-state index < -0.39 is 5.82 Å². The van der Waals surface area contributed by atoms with E-state index in [9.17, 15) is 4.39 Å². The average Bonchev–Trinajstić information content (AvgIpc) is 2.76. The van der Waals surface area contributed by atoms with Crippen molar-refractivity contribution in [3.05, 3.63) is 30.1 Å². The van der Waals surface area contributed by atoms with Gasteiger partial charge in [-0.25, -0.2) is 14.4 Å². The monoisotopic (exact) mass is 235 g/mol. The van der Waals surface area contributed by atoms with Crippen LogP contribution in [0.15, 0.2) is 18.6 Å². The largest absolute Gasteiger partial charge is 0.379 e. The van der Waals surface area contributed by atoms with E-state index in [0.29, 0.717) is 19.2 Å². The normalized spacial score (nSPS) is 17.8. The van der Waals surface area contributed by atoms with Gasteiger partial charge in [-0.3, -0.25) is 0 Å². The molecule has 3 heterocycles. The van der Waals surface area contributed by atoms with Crippen molar-refractivity contribution in [1.29, 1.82) is 0 Å².